The molecule has 0 fully saturated rings. The van der Waals surface area contributed by atoms with Crippen molar-refractivity contribution in [2.45, 2.75) is 6.42 Å². The van der Waals surface area contributed by atoms with Gasteiger partial charge < -0.3 is 4.74 Å². The summed E-state index contributed by atoms with van der Waals surface area (Å²) in [5.41, 5.74) is 0.960. The average Bonchev–Trinajstić information content (AvgIpc) is 2.49. The number of nitro benzene ring substituents is 1. The number of hydrogen-bond donors (Lipinski definition) is 0. The maximum atomic E-state index is 11.9. The molecule has 104 valence electrons. The first-order chi connectivity index (χ1) is 10.1. The normalized spacial score (nSPS) is 9.67. The van der Waals surface area contributed by atoms with E-state index in [0.29, 0.717) is 5.75 Å². The first-order valence-corrected chi connectivity index (χ1v) is 6.02. The van der Waals surface area contributed by atoms with Gasteiger partial charge in [0, 0.05) is 12.1 Å². The molecule has 0 unspecified atom stereocenters. The van der Waals surface area contributed by atoms with Crippen molar-refractivity contribution in [1.82, 2.24) is 0 Å². The molecule has 0 saturated carbocycles. The molecule has 0 spiro atoms. The minimum absolute atomic E-state index is 0.0904. The van der Waals surface area contributed by atoms with Gasteiger partial charge in [-0.2, -0.15) is 5.26 Å². The van der Waals surface area contributed by atoms with Crippen LogP contribution in [0.25, 0.3) is 0 Å². The van der Waals surface area contributed by atoms with E-state index in [4.69, 9.17) is 10.00 Å². The van der Waals surface area contributed by atoms with Crippen molar-refractivity contribution in [1.29, 1.82) is 5.26 Å². The van der Waals surface area contributed by atoms with Gasteiger partial charge in [-0.15, -0.1) is 0 Å². The number of rotatable bonds is 4. The number of carbonyl (C=O) groups excluding carboxylic acids is 1. The van der Waals surface area contributed by atoms with E-state index in [9.17, 15) is 14.9 Å². The zero-order valence-corrected chi connectivity index (χ0v) is 10.9. The van der Waals surface area contributed by atoms with E-state index in [0.717, 1.165) is 5.56 Å². The monoisotopic (exact) mass is 282 g/mol. The fourth-order valence-electron chi connectivity index (χ4n) is 1.65. The van der Waals surface area contributed by atoms with Crippen LogP contribution >= 0.6 is 0 Å². The summed E-state index contributed by atoms with van der Waals surface area (Å²) in [6, 6.07) is 13.8. The van der Waals surface area contributed by atoms with Crippen LogP contribution in [0.2, 0.25) is 0 Å². The largest absolute Gasteiger partial charge is 0.423 e. The SMILES string of the molecule is N#CCc1ccc(OC(=O)c2ccc([N+](=O)[O-])cc2)cc1. The fourth-order valence-corrected chi connectivity index (χ4v) is 1.65. The second-order valence-electron chi connectivity index (χ2n) is 4.17. The Bertz CT molecular complexity index is 700. The Balaban J connectivity index is 2.07. The van der Waals surface area contributed by atoms with Crippen LogP contribution in [0.5, 0.6) is 5.75 Å². The van der Waals surface area contributed by atoms with Gasteiger partial charge in [0.2, 0.25) is 0 Å². The van der Waals surface area contributed by atoms with Crippen molar-refractivity contribution in [3.05, 3.63) is 69.8 Å². The summed E-state index contributed by atoms with van der Waals surface area (Å²) >= 11 is 0. The van der Waals surface area contributed by atoms with Gasteiger partial charge in [0.15, 0.2) is 0 Å². The molecule has 0 heterocycles. The van der Waals surface area contributed by atoms with E-state index in [1.807, 2.05) is 6.07 Å². The van der Waals surface area contributed by atoms with E-state index in [-0.39, 0.29) is 17.7 Å². The van der Waals surface area contributed by atoms with Crippen LogP contribution in [0.15, 0.2) is 48.5 Å². The third kappa shape index (κ3) is 3.64. The Morgan fingerprint density at radius 3 is 2.29 bits per heavy atom. The van der Waals surface area contributed by atoms with Crippen LogP contribution in [-0.4, -0.2) is 10.9 Å². The van der Waals surface area contributed by atoms with Gasteiger partial charge in [-0.25, -0.2) is 4.79 Å². The number of hydrogen-bond acceptors (Lipinski definition) is 5. The van der Waals surface area contributed by atoms with Crippen LogP contribution in [-0.2, 0) is 6.42 Å². The number of nitriles is 1. The Kier molecular flexibility index (Phi) is 4.26. The molecule has 6 heteroatoms. The predicted octanol–water partition coefficient (Wildman–Crippen LogP) is 2.88. The van der Waals surface area contributed by atoms with Gasteiger partial charge in [-0.3, -0.25) is 10.1 Å². The first-order valence-electron chi connectivity index (χ1n) is 6.02. The van der Waals surface area contributed by atoms with E-state index in [1.165, 1.54) is 24.3 Å². The highest BCUT2D eigenvalue weighted by molar-refractivity contribution is 5.91. The molecule has 0 amide bonds. The molecular formula is C15H10N2O4. The molecule has 2 aromatic carbocycles. The highest BCUT2D eigenvalue weighted by Crippen LogP contribution is 2.16. The third-order valence-corrected chi connectivity index (χ3v) is 2.73. The van der Waals surface area contributed by atoms with Crippen molar-refractivity contribution in [3.63, 3.8) is 0 Å². The minimum Gasteiger partial charge on any atom is -0.423 e. The number of nitro groups is 1. The lowest BCUT2D eigenvalue weighted by molar-refractivity contribution is -0.384. The van der Waals surface area contributed by atoms with Gasteiger partial charge >= 0.3 is 5.97 Å². The highest BCUT2D eigenvalue weighted by Gasteiger charge is 2.11. The summed E-state index contributed by atoms with van der Waals surface area (Å²) in [5.74, 6) is -0.252. The number of nitrogens with zero attached hydrogens (tertiary/aromatic N) is 2. The summed E-state index contributed by atoms with van der Waals surface area (Å²) in [5, 5.41) is 19.1. The van der Waals surface area contributed by atoms with Gasteiger partial charge in [-0.1, -0.05) is 12.1 Å². The molecule has 0 radical (unpaired) electrons. The van der Waals surface area contributed by atoms with Crippen LogP contribution in [0.1, 0.15) is 15.9 Å². The zero-order chi connectivity index (χ0) is 15.2. The number of benzene rings is 2. The lowest BCUT2D eigenvalue weighted by atomic mass is 10.1. The molecule has 21 heavy (non-hydrogen) atoms. The van der Waals surface area contributed by atoms with Crippen molar-refractivity contribution in [2.75, 3.05) is 0 Å². The Morgan fingerprint density at radius 2 is 1.76 bits per heavy atom. The standard InChI is InChI=1S/C15H10N2O4/c16-10-9-11-1-7-14(8-2-11)21-15(18)12-3-5-13(6-4-12)17(19)20/h1-8H,9H2. The van der Waals surface area contributed by atoms with Gasteiger partial charge in [0.05, 0.1) is 23.0 Å². The van der Waals surface area contributed by atoms with Crippen LogP contribution < -0.4 is 4.74 Å². The molecule has 2 rings (SSSR count). The minimum atomic E-state index is -0.599. The third-order valence-electron chi connectivity index (χ3n) is 2.73. The van der Waals surface area contributed by atoms with Gasteiger partial charge in [0.25, 0.3) is 5.69 Å². The van der Waals surface area contributed by atoms with Gasteiger partial charge in [-0.05, 0) is 29.8 Å². The Hall–Kier alpha value is -3.20. The molecule has 0 aliphatic carbocycles. The predicted molar refractivity (Wildman–Crippen MR) is 73.8 cm³/mol. The second kappa shape index (κ2) is 6.30. The van der Waals surface area contributed by atoms with Crippen molar-refractivity contribution in [3.8, 4) is 11.8 Å². The zero-order valence-electron chi connectivity index (χ0n) is 10.9. The summed E-state index contributed by atoms with van der Waals surface area (Å²) in [7, 11) is 0. The lowest BCUT2D eigenvalue weighted by Crippen LogP contribution is -2.08. The van der Waals surface area contributed by atoms with Crippen molar-refractivity contribution >= 4 is 11.7 Å². The van der Waals surface area contributed by atoms with Gasteiger partial charge in [0.1, 0.15) is 5.75 Å². The second-order valence-corrected chi connectivity index (χ2v) is 4.17. The molecule has 0 aliphatic heterocycles. The highest BCUT2D eigenvalue weighted by atomic mass is 16.6. The maximum absolute atomic E-state index is 11.9. The fraction of sp³-hybridized carbons (Fsp3) is 0.0667. The molecule has 0 N–H and O–H groups in total. The molecule has 0 bridgehead atoms. The molecule has 2 aromatic rings. The molecule has 6 nitrogen and oxygen atoms in total. The van der Waals surface area contributed by atoms with Crippen molar-refractivity contribution < 1.29 is 14.5 Å². The summed E-state index contributed by atoms with van der Waals surface area (Å²) < 4.78 is 5.14. The summed E-state index contributed by atoms with van der Waals surface area (Å²) in [4.78, 5) is 21.8. The van der Waals surface area contributed by atoms with Crippen LogP contribution in [0, 0.1) is 21.4 Å². The van der Waals surface area contributed by atoms with Crippen LogP contribution in [0.3, 0.4) is 0 Å². The molecule has 0 aliphatic rings. The van der Waals surface area contributed by atoms with E-state index in [2.05, 4.69) is 0 Å². The van der Waals surface area contributed by atoms with E-state index < -0.39 is 10.9 Å². The molecule has 0 saturated heterocycles. The Labute approximate surface area is 120 Å². The molecule has 0 atom stereocenters. The summed E-state index contributed by atoms with van der Waals surface area (Å²) in [6.07, 6.45) is 0.288. The summed E-state index contributed by atoms with van der Waals surface area (Å²) in [6.45, 7) is 0. The number of carbonyl (C=O) groups is 1. The number of esters is 1. The van der Waals surface area contributed by atoms with Crippen LogP contribution in [0.4, 0.5) is 5.69 Å². The quantitative estimate of drug-likeness (QED) is 0.372. The molecule has 0 aromatic heterocycles. The first kappa shape index (κ1) is 14.2. The smallest absolute Gasteiger partial charge is 0.343 e. The van der Waals surface area contributed by atoms with E-state index in [1.54, 1.807) is 24.3 Å². The maximum Gasteiger partial charge on any atom is 0.343 e. The topological polar surface area (TPSA) is 93.2 Å². The lowest BCUT2D eigenvalue weighted by Gasteiger charge is -2.04. The Morgan fingerprint density at radius 1 is 1.14 bits per heavy atom. The van der Waals surface area contributed by atoms with E-state index >= 15 is 0 Å². The van der Waals surface area contributed by atoms with Crippen molar-refractivity contribution in [2.24, 2.45) is 0 Å². The average molecular weight is 282 g/mol. The number of non-ortho nitro benzene ring substituents is 1. The molecular weight excluding hydrogens is 272 g/mol. The number of ether oxygens (including phenoxy) is 1.